The molecule has 2 heteroatoms. The van der Waals surface area contributed by atoms with Crippen molar-refractivity contribution < 1.29 is 4.79 Å². The molecule has 1 rings (SSSR count). The monoisotopic (exact) mass is 165 g/mol. The molecular formula is C10H15NO. The van der Waals surface area contributed by atoms with Crippen LogP contribution in [0.15, 0.2) is 16.6 Å². The van der Waals surface area contributed by atoms with Gasteiger partial charge in [0.25, 0.3) is 0 Å². The summed E-state index contributed by atoms with van der Waals surface area (Å²) < 4.78 is 0. The summed E-state index contributed by atoms with van der Waals surface area (Å²) in [7, 11) is 0. The van der Waals surface area contributed by atoms with E-state index in [9.17, 15) is 4.79 Å². The predicted molar refractivity (Wildman–Crippen MR) is 50.2 cm³/mol. The second-order valence-electron chi connectivity index (χ2n) is 3.57. The number of nitrogens with zero attached hydrogens (tertiary/aromatic N) is 1. The van der Waals surface area contributed by atoms with Crippen molar-refractivity contribution in [2.45, 2.75) is 26.7 Å². The molecule has 12 heavy (non-hydrogen) atoms. The van der Waals surface area contributed by atoms with E-state index in [1.807, 2.05) is 0 Å². The van der Waals surface area contributed by atoms with Gasteiger partial charge < -0.3 is 0 Å². The fourth-order valence-electron chi connectivity index (χ4n) is 1.76. The van der Waals surface area contributed by atoms with Gasteiger partial charge in [-0.25, -0.2) is 4.99 Å². The van der Waals surface area contributed by atoms with Crippen LogP contribution in [0.25, 0.3) is 0 Å². The molecule has 0 spiro atoms. The number of hydrogen-bond acceptors (Lipinski definition) is 1. The minimum atomic E-state index is -0.0498. The van der Waals surface area contributed by atoms with Crippen LogP contribution in [0.3, 0.4) is 0 Å². The van der Waals surface area contributed by atoms with Crippen molar-refractivity contribution in [3.63, 3.8) is 0 Å². The van der Waals surface area contributed by atoms with Gasteiger partial charge in [-0.1, -0.05) is 18.6 Å². The molecule has 1 amide bonds. The number of rotatable bonds is 1. The smallest absolute Gasteiger partial charge is 0.248 e. The molecule has 0 N–H and O–H groups in total. The summed E-state index contributed by atoms with van der Waals surface area (Å²) >= 11 is 0. The molecule has 1 aliphatic rings. The van der Waals surface area contributed by atoms with Gasteiger partial charge in [0.15, 0.2) is 0 Å². The molecule has 0 bridgehead atoms. The summed E-state index contributed by atoms with van der Waals surface area (Å²) in [5.74, 6) is 0.449. The number of carbonyl (C=O) groups is 1. The van der Waals surface area contributed by atoms with Crippen molar-refractivity contribution in [1.29, 1.82) is 0 Å². The zero-order valence-electron chi connectivity index (χ0n) is 7.71. The van der Waals surface area contributed by atoms with Crippen molar-refractivity contribution in [2.24, 2.45) is 16.8 Å². The van der Waals surface area contributed by atoms with Crippen LogP contribution in [0.4, 0.5) is 0 Å². The van der Waals surface area contributed by atoms with E-state index in [1.165, 1.54) is 5.57 Å². The molecule has 0 fully saturated rings. The van der Waals surface area contributed by atoms with Gasteiger partial charge in [0.1, 0.15) is 0 Å². The lowest BCUT2D eigenvalue weighted by molar-refractivity contribution is -0.122. The number of allylic oxidation sites excluding steroid dienone is 2. The molecule has 66 valence electrons. The third-order valence-corrected chi connectivity index (χ3v) is 2.52. The zero-order chi connectivity index (χ0) is 9.14. The molecule has 0 aliphatic heterocycles. The lowest BCUT2D eigenvalue weighted by atomic mass is 9.81. The third kappa shape index (κ3) is 1.81. The van der Waals surface area contributed by atoms with E-state index in [4.69, 9.17) is 0 Å². The standard InChI is InChI=1S/C10H15NO/c1-7-4-5-9(8(2)6-7)10(12)11-3/h4,8-9H,3,5-6H2,1-2H3/t8-,9?/m1/s1. The fourth-order valence-corrected chi connectivity index (χ4v) is 1.76. The lowest BCUT2D eigenvalue weighted by Gasteiger charge is -2.24. The zero-order valence-corrected chi connectivity index (χ0v) is 7.71. The quantitative estimate of drug-likeness (QED) is 0.432. The van der Waals surface area contributed by atoms with Crippen LogP contribution in [0, 0.1) is 11.8 Å². The van der Waals surface area contributed by atoms with Gasteiger partial charge in [-0.2, -0.15) is 0 Å². The van der Waals surface area contributed by atoms with E-state index in [-0.39, 0.29) is 11.8 Å². The van der Waals surface area contributed by atoms with Gasteiger partial charge in [-0.15, -0.1) is 0 Å². The highest BCUT2D eigenvalue weighted by atomic mass is 16.1. The van der Waals surface area contributed by atoms with Gasteiger partial charge in [-0.05, 0) is 32.4 Å². The molecule has 2 atom stereocenters. The van der Waals surface area contributed by atoms with E-state index in [1.54, 1.807) is 0 Å². The number of aliphatic imine (C=N–C) groups is 1. The summed E-state index contributed by atoms with van der Waals surface area (Å²) in [5.41, 5.74) is 1.38. The molecule has 0 heterocycles. The molecule has 0 radical (unpaired) electrons. The summed E-state index contributed by atoms with van der Waals surface area (Å²) in [6.07, 6.45) is 3.99. The highest BCUT2D eigenvalue weighted by Gasteiger charge is 2.26. The molecule has 0 saturated heterocycles. The van der Waals surface area contributed by atoms with E-state index in [2.05, 4.69) is 31.6 Å². The average Bonchev–Trinajstić information content (AvgIpc) is 2.03. The van der Waals surface area contributed by atoms with E-state index >= 15 is 0 Å². The summed E-state index contributed by atoms with van der Waals surface area (Å²) in [6.45, 7) is 7.48. The molecule has 1 unspecified atom stereocenters. The van der Waals surface area contributed by atoms with Crippen LogP contribution < -0.4 is 0 Å². The van der Waals surface area contributed by atoms with Crippen LogP contribution in [0.2, 0.25) is 0 Å². The highest BCUT2D eigenvalue weighted by Crippen LogP contribution is 2.29. The first-order valence-electron chi connectivity index (χ1n) is 4.31. The van der Waals surface area contributed by atoms with Gasteiger partial charge >= 0.3 is 0 Å². The van der Waals surface area contributed by atoms with Gasteiger partial charge in [-0.3, -0.25) is 4.79 Å². The highest BCUT2D eigenvalue weighted by molar-refractivity contribution is 5.83. The van der Waals surface area contributed by atoms with Crippen LogP contribution in [0.5, 0.6) is 0 Å². The largest absolute Gasteiger partial charge is 0.272 e. The first-order chi connectivity index (χ1) is 5.65. The molecule has 2 nitrogen and oxygen atoms in total. The summed E-state index contributed by atoms with van der Waals surface area (Å²) in [6, 6.07) is 0. The van der Waals surface area contributed by atoms with E-state index in [0.717, 1.165) is 12.8 Å². The van der Waals surface area contributed by atoms with E-state index < -0.39 is 0 Å². The molecular weight excluding hydrogens is 150 g/mol. The van der Waals surface area contributed by atoms with Crippen LogP contribution in [0.1, 0.15) is 26.7 Å². The van der Waals surface area contributed by atoms with E-state index in [0.29, 0.717) is 5.92 Å². The molecule has 0 aromatic carbocycles. The van der Waals surface area contributed by atoms with Crippen molar-refractivity contribution in [2.75, 3.05) is 0 Å². The Bertz CT molecular complexity index is 230. The molecule has 1 aliphatic carbocycles. The Labute approximate surface area is 73.4 Å². The van der Waals surface area contributed by atoms with Crippen molar-refractivity contribution >= 4 is 12.6 Å². The Balaban J connectivity index is 2.69. The molecule has 0 aromatic rings. The predicted octanol–water partition coefficient (Wildman–Crippen LogP) is 2.21. The number of hydrogen-bond donors (Lipinski definition) is 0. The Morgan fingerprint density at radius 3 is 2.92 bits per heavy atom. The van der Waals surface area contributed by atoms with Gasteiger partial charge in [0.05, 0.1) is 0 Å². The third-order valence-electron chi connectivity index (χ3n) is 2.52. The average molecular weight is 165 g/mol. The van der Waals surface area contributed by atoms with Crippen LogP contribution >= 0.6 is 0 Å². The first-order valence-corrected chi connectivity index (χ1v) is 4.31. The Morgan fingerprint density at radius 1 is 1.75 bits per heavy atom. The van der Waals surface area contributed by atoms with Gasteiger partial charge in [0.2, 0.25) is 5.91 Å². The SMILES string of the molecule is C=NC(=O)C1CC=C(C)C[C@H]1C. The van der Waals surface area contributed by atoms with Gasteiger partial charge in [0, 0.05) is 5.92 Å². The normalized spacial score (nSPS) is 29.3. The lowest BCUT2D eigenvalue weighted by Crippen LogP contribution is -2.22. The minimum absolute atomic E-state index is 0.0498. The summed E-state index contributed by atoms with van der Waals surface area (Å²) in [4.78, 5) is 14.7. The van der Waals surface area contributed by atoms with Crippen molar-refractivity contribution in [1.82, 2.24) is 0 Å². The number of amides is 1. The number of carbonyl (C=O) groups excluding carboxylic acids is 1. The maximum atomic E-state index is 11.2. The van der Waals surface area contributed by atoms with Crippen molar-refractivity contribution in [3.05, 3.63) is 11.6 Å². The Morgan fingerprint density at radius 2 is 2.42 bits per heavy atom. The van der Waals surface area contributed by atoms with Crippen LogP contribution in [-0.2, 0) is 4.79 Å². The molecule has 0 saturated carbocycles. The topological polar surface area (TPSA) is 29.4 Å². The first kappa shape index (κ1) is 9.17. The summed E-state index contributed by atoms with van der Waals surface area (Å²) in [5, 5.41) is 0. The maximum absolute atomic E-state index is 11.2. The van der Waals surface area contributed by atoms with Crippen LogP contribution in [-0.4, -0.2) is 12.6 Å². The second-order valence-corrected chi connectivity index (χ2v) is 3.57. The van der Waals surface area contributed by atoms with Crippen molar-refractivity contribution in [3.8, 4) is 0 Å². The Kier molecular flexibility index (Phi) is 2.79. The minimum Gasteiger partial charge on any atom is -0.272 e. The maximum Gasteiger partial charge on any atom is 0.248 e. The molecule has 0 aromatic heterocycles. The second kappa shape index (κ2) is 3.65. The Hall–Kier alpha value is -0.920. The fraction of sp³-hybridized carbons (Fsp3) is 0.600.